The Labute approximate surface area is 220 Å². The first-order chi connectivity index (χ1) is 16.8. The van der Waals surface area contributed by atoms with Crippen LogP contribution in [-0.2, 0) is 28.9 Å². The van der Waals surface area contributed by atoms with Gasteiger partial charge in [0.2, 0.25) is 0 Å². The zero-order valence-corrected chi connectivity index (χ0v) is 22.6. The number of fused-ring (bicyclic) bond motifs is 2. The Morgan fingerprint density at radius 2 is 1.86 bits per heavy atom. The Bertz CT molecular complexity index is 1350. The van der Waals surface area contributed by atoms with Crippen molar-refractivity contribution in [2.45, 2.75) is 36.1 Å². The molecule has 1 unspecified atom stereocenters. The van der Waals surface area contributed by atoms with Gasteiger partial charge in [0, 0.05) is 41.9 Å². The highest BCUT2D eigenvalue weighted by Gasteiger charge is 2.49. The van der Waals surface area contributed by atoms with Gasteiger partial charge >= 0.3 is 0 Å². The Hall–Kier alpha value is -2.24. The molecule has 3 aromatic rings. The second kappa shape index (κ2) is 9.67. The SMILES string of the molecule is Cn1cnc(S(=O)(=O)N2CCC3(CC2)c2ccccc2CC3CCNC(=O)c2ccccc2I)c1. The van der Waals surface area contributed by atoms with Crippen LogP contribution in [0.4, 0.5) is 0 Å². The van der Waals surface area contributed by atoms with Crippen LogP contribution >= 0.6 is 22.6 Å². The van der Waals surface area contributed by atoms with Crippen LogP contribution in [0.25, 0.3) is 0 Å². The summed E-state index contributed by atoms with van der Waals surface area (Å²) in [6, 6.07) is 16.2. The number of carbonyl (C=O) groups excluding carboxylic acids is 1. The molecule has 7 nitrogen and oxygen atoms in total. The number of imidazole rings is 1. The van der Waals surface area contributed by atoms with E-state index in [-0.39, 0.29) is 16.3 Å². The number of hydrogen-bond acceptors (Lipinski definition) is 4. The number of benzene rings is 2. The summed E-state index contributed by atoms with van der Waals surface area (Å²) < 4.78 is 30.5. The first-order valence-corrected chi connectivity index (χ1v) is 14.4. The number of halogens is 1. The summed E-state index contributed by atoms with van der Waals surface area (Å²) in [6.45, 7) is 1.54. The van der Waals surface area contributed by atoms with Crippen molar-refractivity contribution in [2.24, 2.45) is 13.0 Å². The third-order valence-corrected chi connectivity index (χ3v) is 10.3. The lowest BCUT2D eigenvalue weighted by Crippen LogP contribution is -2.47. The highest BCUT2D eigenvalue weighted by Crippen LogP contribution is 2.51. The monoisotopic (exact) mass is 604 g/mol. The number of hydrogen-bond donors (Lipinski definition) is 1. The molecular weight excluding hydrogens is 575 g/mol. The lowest BCUT2D eigenvalue weighted by molar-refractivity contribution is 0.0944. The van der Waals surface area contributed by atoms with Crippen LogP contribution in [0, 0.1) is 9.49 Å². The van der Waals surface area contributed by atoms with Crippen LogP contribution in [0.2, 0.25) is 0 Å². The largest absolute Gasteiger partial charge is 0.352 e. The molecule has 0 bridgehead atoms. The Kier molecular flexibility index (Phi) is 6.75. The molecule has 1 N–H and O–H groups in total. The molecule has 1 amide bonds. The summed E-state index contributed by atoms with van der Waals surface area (Å²) in [5.41, 5.74) is 3.33. The first kappa shape index (κ1) is 24.5. The van der Waals surface area contributed by atoms with Crippen LogP contribution in [0.1, 0.15) is 40.7 Å². The molecule has 184 valence electrons. The fourth-order valence-electron chi connectivity index (χ4n) is 5.80. The highest BCUT2D eigenvalue weighted by atomic mass is 127. The van der Waals surface area contributed by atoms with E-state index in [9.17, 15) is 13.2 Å². The van der Waals surface area contributed by atoms with E-state index in [4.69, 9.17) is 0 Å². The second-order valence-corrected chi connectivity index (χ2v) is 12.6. The van der Waals surface area contributed by atoms with Crippen LogP contribution in [-0.4, -0.2) is 47.8 Å². The third-order valence-electron chi connectivity index (χ3n) is 7.60. The smallest absolute Gasteiger partial charge is 0.262 e. The highest BCUT2D eigenvalue weighted by molar-refractivity contribution is 14.1. The van der Waals surface area contributed by atoms with Crippen LogP contribution in [0.15, 0.2) is 66.1 Å². The van der Waals surface area contributed by atoms with Gasteiger partial charge in [-0.1, -0.05) is 36.4 Å². The van der Waals surface area contributed by atoms with E-state index in [0.29, 0.717) is 31.1 Å². The number of aryl methyl sites for hydroxylation is 1. The van der Waals surface area contributed by atoms with Gasteiger partial charge in [0.05, 0.1) is 11.9 Å². The lowest BCUT2D eigenvalue weighted by atomic mass is 9.67. The topological polar surface area (TPSA) is 84.3 Å². The quantitative estimate of drug-likeness (QED) is 0.435. The molecule has 1 fully saturated rings. The summed E-state index contributed by atoms with van der Waals surface area (Å²) >= 11 is 2.19. The minimum Gasteiger partial charge on any atom is -0.352 e. The summed E-state index contributed by atoms with van der Waals surface area (Å²) in [4.78, 5) is 16.8. The number of rotatable bonds is 6. The van der Waals surface area contributed by atoms with Crippen molar-refractivity contribution in [1.29, 1.82) is 0 Å². The zero-order chi connectivity index (χ0) is 24.6. The molecule has 1 saturated heterocycles. The van der Waals surface area contributed by atoms with E-state index in [1.807, 2.05) is 24.3 Å². The maximum Gasteiger partial charge on any atom is 0.262 e. The number of carbonyl (C=O) groups is 1. The molecule has 5 rings (SSSR count). The predicted molar refractivity (Wildman–Crippen MR) is 143 cm³/mol. The van der Waals surface area contributed by atoms with Gasteiger partial charge in [-0.25, -0.2) is 13.4 Å². The Morgan fingerprint density at radius 3 is 2.57 bits per heavy atom. The van der Waals surface area contributed by atoms with Gasteiger partial charge in [0.25, 0.3) is 15.9 Å². The molecule has 2 aromatic carbocycles. The molecule has 2 aliphatic rings. The maximum absolute atomic E-state index is 13.1. The zero-order valence-electron chi connectivity index (χ0n) is 19.7. The molecule has 1 atom stereocenters. The number of amides is 1. The fourth-order valence-corrected chi connectivity index (χ4v) is 7.84. The summed E-state index contributed by atoms with van der Waals surface area (Å²) in [7, 11) is -1.83. The molecule has 9 heteroatoms. The Morgan fingerprint density at radius 1 is 1.14 bits per heavy atom. The molecule has 1 aliphatic heterocycles. The number of sulfonamides is 1. The molecule has 2 heterocycles. The van der Waals surface area contributed by atoms with Crippen LogP contribution in [0.5, 0.6) is 0 Å². The van der Waals surface area contributed by atoms with Crippen molar-refractivity contribution >= 4 is 38.5 Å². The van der Waals surface area contributed by atoms with Gasteiger partial charge in [-0.15, -0.1) is 0 Å². The second-order valence-electron chi connectivity index (χ2n) is 9.52. The van der Waals surface area contributed by atoms with E-state index in [1.54, 1.807) is 22.1 Å². The predicted octanol–water partition coefficient (Wildman–Crippen LogP) is 3.74. The van der Waals surface area contributed by atoms with Gasteiger partial charge in [-0.05, 0) is 77.5 Å². The van der Waals surface area contributed by atoms with E-state index < -0.39 is 10.0 Å². The normalized spacial score (nSPS) is 19.5. The number of nitrogens with zero attached hydrogens (tertiary/aromatic N) is 3. The lowest BCUT2D eigenvalue weighted by Gasteiger charge is -2.43. The summed E-state index contributed by atoms with van der Waals surface area (Å²) in [6.07, 6.45) is 6.44. The molecule has 1 spiro atoms. The molecule has 35 heavy (non-hydrogen) atoms. The van der Waals surface area contributed by atoms with Crippen molar-refractivity contribution in [1.82, 2.24) is 19.2 Å². The average molecular weight is 605 g/mol. The van der Waals surface area contributed by atoms with Crippen molar-refractivity contribution in [2.75, 3.05) is 19.6 Å². The first-order valence-electron chi connectivity index (χ1n) is 11.9. The summed E-state index contributed by atoms with van der Waals surface area (Å²) in [5.74, 6) is 0.311. The molecule has 1 aliphatic carbocycles. The van der Waals surface area contributed by atoms with E-state index >= 15 is 0 Å². The van der Waals surface area contributed by atoms with Crippen molar-refractivity contribution < 1.29 is 13.2 Å². The third kappa shape index (κ3) is 4.53. The van der Waals surface area contributed by atoms with Gasteiger partial charge < -0.3 is 9.88 Å². The molecule has 1 aromatic heterocycles. The van der Waals surface area contributed by atoms with E-state index in [0.717, 1.165) is 29.3 Å². The van der Waals surface area contributed by atoms with Crippen molar-refractivity contribution in [3.8, 4) is 0 Å². The van der Waals surface area contributed by atoms with Gasteiger partial charge in [-0.2, -0.15) is 4.31 Å². The van der Waals surface area contributed by atoms with Crippen molar-refractivity contribution in [3.05, 3.63) is 81.3 Å². The van der Waals surface area contributed by atoms with Crippen LogP contribution in [0.3, 0.4) is 0 Å². The van der Waals surface area contributed by atoms with E-state index in [2.05, 4.69) is 57.2 Å². The Balaban J connectivity index is 1.31. The number of nitrogens with one attached hydrogen (secondary N) is 1. The standard InChI is InChI=1S/C26H29IN4O3S/c1-30-17-24(29-18-30)35(33,34)31-14-11-26(12-15-31)20(16-19-6-2-4-8-22(19)26)10-13-28-25(32)21-7-3-5-9-23(21)27/h2-9,17-18,20H,10-16H2,1H3,(H,28,32). The van der Waals surface area contributed by atoms with Gasteiger partial charge in [-0.3, -0.25) is 4.79 Å². The van der Waals surface area contributed by atoms with E-state index in [1.165, 1.54) is 17.5 Å². The molecule has 0 radical (unpaired) electrons. The van der Waals surface area contributed by atoms with Gasteiger partial charge in [0.1, 0.15) is 0 Å². The number of piperidine rings is 1. The average Bonchev–Trinajstić information content (AvgIpc) is 3.42. The minimum absolute atomic E-state index is 0.0455. The maximum atomic E-state index is 13.1. The van der Waals surface area contributed by atoms with Gasteiger partial charge in [0.15, 0.2) is 5.03 Å². The summed E-state index contributed by atoms with van der Waals surface area (Å²) in [5, 5.41) is 3.22. The van der Waals surface area contributed by atoms with Crippen molar-refractivity contribution in [3.63, 3.8) is 0 Å². The number of aromatic nitrogens is 2. The van der Waals surface area contributed by atoms with Crippen LogP contribution < -0.4 is 5.32 Å². The minimum atomic E-state index is -3.60. The fraction of sp³-hybridized carbons (Fsp3) is 0.385. The molecule has 0 saturated carbocycles. The molecular formula is C26H29IN4O3S.